The Morgan fingerprint density at radius 2 is 1.56 bits per heavy atom. The van der Waals surface area contributed by atoms with Gasteiger partial charge in [-0.15, -0.1) is 0 Å². The molecule has 0 heterocycles. The molecule has 0 aliphatic carbocycles. The number of carbonyl (C=O) groups excluding carboxylic acids is 2. The van der Waals surface area contributed by atoms with Crippen LogP contribution in [-0.4, -0.2) is 18.1 Å². The molecule has 0 atom stereocenters. The van der Waals surface area contributed by atoms with Gasteiger partial charge in [0.2, 0.25) is 0 Å². The minimum atomic E-state index is -0.414. The molecule has 27 heavy (non-hydrogen) atoms. The Balaban J connectivity index is 1.57. The SMILES string of the molecule is Cc1ccccc1C(=O)N/N=C/c1ccc(OC(=O)c2ccccc2)cc1. The third kappa shape index (κ3) is 4.89. The van der Waals surface area contributed by atoms with E-state index in [1.54, 1.807) is 60.7 Å². The standard InChI is InChI=1S/C22H18N2O3/c1-16-7-5-6-10-20(16)21(25)24-23-15-17-11-13-19(14-12-17)27-22(26)18-8-3-2-4-9-18/h2-15H,1H3,(H,24,25)/b23-15+. The fraction of sp³-hybridized carbons (Fsp3) is 0.0455. The predicted molar refractivity (Wildman–Crippen MR) is 104 cm³/mol. The predicted octanol–water partition coefficient (Wildman–Crippen LogP) is 3.98. The number of amides is 1. The van der Waals surface area contributed by atoms with Crippen molar-refractivity contribution in [2.75, 3.05) is 0 Å². The second-order valence-electron chi connectivity index (χ2n) is 5.84. The molecular weight excluding hydrogens is 340 g/mol. The van der Waals surface area contributed by atoms with Crippen molar-refractivity contribution in [3.8, 4) is 5.75 Å². The van der Waals surface area contributed by atoms with Crippen LogP contribution in [0.25, 0.3) is 0 Å². The molecule has 0 radical (unpaired) electrons. The number of ether oxygens (including phenoxy) is 1. The lowest BCUT2D eigenvalue weighted by molar-refractivity contribution is 0.0734. The second kappa shape index (κ2) is 8.58. The van der Waals surface area contributed by atoms with E-state index in [0.717, 1.165) is 11.1 Å². The molecule has 0 unspecified atom stereocenters. The van der Waals surface area contributed by atoms with Crippen LogP contribution < -0.4 is 10.2 Å². The first-order chi connectivity index (χ1) is 13.1. The van der Waals surface area contributed by atoms with Gasteiger partial charge in [0, 0.05) is 5.56 Å². The summed E-state index contributed by atoms with van der Waals surface area (Å²) in [6.45, 7) is 1.87. The highest BCUT2D eigenvalue weighted by Gasteiger charge is 2.08. The molecule has 5 heteroatoms. The quantitative estimate of drug-likeness (QED) is 0.325. The summed E-state index contributed by atoms with van der Waals surface area (Å²) in [7, 11) is 0. The smallest absolute Gasteiger partial charge is 0.343 e. The molecule has 0 saturated carbocycles. The van der Waals surface area contributed by atoms with E-state index in [1.165, 1.54) is 6.21 Å². The van der Waals surface area contributed by atoms with Gasteiger partial charge >= 0.3 is 5.97 Å². The maximum Gasteiger partial charge on any atom is 0.343 e. The fourth-order valence-electron chi connectivity index (χ4n) is 2.42. The normalized spacial score (nSPS) is 10.6. The van der Waals surface area contributed by atoms with Gasteiger partial charge in [-0.25, -0.2) is 10.2 Å². The van der Waals surface area contributed by atoms with Crippen molar-refractivity contribution < 1.29 is 14.3 Å². The van der Waals surface area contributed by atoms with Crippen LogP contribution in [0.15, 0.2) is 84.0 Å². The Morgan fingerprint density at radius 1 is 0.889 bits per heavy atom. The maximum atomic E-state index is 12.1. The Bertz CT molecular complexity index is 964. The summed E-state index contributed by atoms with van der Waals surface area (Å²) in [5.74, 6) is -0.245. The number of esters is 1. The molecule has 3 aromatic rings. The molecule has 0 fully saturated rings. The number of nitrogens with zero attached hydrogens (tertiary/aromatic N) is 1. The van der Waals surface area contributed by atoms with E-state index in [9.17, 15) is 9.59 Å². The summed E-state index contributed by atoms with van der Waals surface area (Å²) in [6, 6.07) is 22.9. The van der Waals surface area contributed by atoms with Crippen LogP contribution in [0, 0.1) is 6.92 Å². The van der Waals surface area contributed by atoms with Crippen molar-refractivity contribution in [2.45, 2.75) is 6.92 Å². The summed E-state index contributed by atoms with van der Waals surface area (Å²) in [5, 5.41) is 3.96. The van der Waals surface area contributed by atoms with Gasteiger partial charge in [-0.1, -0.05) is 36.4 Å². The highest BCUT2D eigenvalue weighted by molar-refractivity contribution is 5.96. The van der Waals surface area contributed by atoms with Gasteiger partial charge < -0.3 is 4.74 Å². The summed E-state index contributed by atoms with van der Waals surface area (Å²) < 4.78 is 5.32. The molecule has 1 amide bonds. The van der Waals surface area contributed by atoms with Gasteiger partial charge in [-0.05, 0) is 60.5 Å². The Kier molecular flexibility index (Phi) is 5.74. The largest absolute Gasteiger partial charge is 0.423 e. The number of benzene rings is 3. The Morgan fingerprint density at radius 3 is 2.26 bits per heavy atom. The van der Waals surface area contributed by atoms with E-state index in [0.29, 0.717) is 16.9 Å². The number of rotatable bonds is 5. The first-order valence-corrected chi connectivity index (χ1v) is 8.40. The van der Waals surface area contributed by atoms with Crippen molar-refractivity contribution in [1.29, 1.82) is 0 Å². The summed E-state index contributed by atoms with van der Waals surface area (Å²) in [5.41, 5.74) is 5.22. The molecule has 0 saturated heterocycles. The number of hydrogen-bond acceptors (Lipinski definition) is 4. The zero-order valence-electron chi connectivity index (χ0n) is 14.8. The fourth-order valence-corrected chi connectivity index (χ4v) is 2.42. The van der Waals surface area contributed by atoms with Gasteiger partial charge in [0.25, 0.3) is 5.91 Å². The van der Waals surface area contributed by atoms with Gasteiger partial charge in [0.15, 0.2) is 0 Å². The zero-order chi connectivity index (χ0) is 19.1. The molecule has 0 bridgehead atoms. The van der Waals surface area contributed by atoms with Crippen molar-refractivity contribution in [2.24, 2.45) is 5.10 Å². The Hall–Kier alpha value is -3.73. The average Bonchev–Trinajstić information content (AvgIpc) is 2.70. The van der Waals surface area contributed by atoms with Gasteiger partial charge in [-0.2, -0.15) is 5.10 Å². The molecule has 0 aliphatic heterocycles. The number of hydrogen-bond donors (Lipinski definition) is 1. The van der Waals surface area contributed by atoms with Crippen molar-refractivity contribution >= 4 is 18.1 Å². The molecule has 1 N–H and O–H groups in total. The van der Waals surface area contributed by atoms with E-state index in [4.69, 9.17) is 4.74 Å². The minimum absolute atomic E-state index is 0.266. The van der Waals surface area contributed by atoms with E-state index >= 15 is 0 Å². The van der Waals surface area contributed by atoms with E-state index in [1.807, 2.05) is 25.1 Å². The third-order valence-electron chi connectivity index (χ3n) is 3.87. The molecule has 5 nitrogen and oxygen atoms in total. The number of nitrogens with one attached hydrogen (secondary N) is 1. The van der Waals surface area contributed by atoms with Crippen LogP contribution in [0.3, 0.4) is 0 Å². The average molecular weight is 358 g/mol. The van der Waals surface area contributed by atoms with Crippen molar-refractivity contribution in [3.05, 3.63) is 101 Å². The van der Waals surface area contributed by atoms with Crippen LogP contribution in [0.2, 0.25) is 0 Å². The van der Waals surface area contributed by atoms with Crippen molar-refractivity contribution in [1.82, 2.24) is 5.43 Å². The summed E-state index contributed by atoms with van der Waals surface area (Å²) >= 11 is 0. The minimum Gasteiger partial charge on any atom is -0.423 e. The lowest BCUT2D eigenvalue weighted by Crippen LogP contribution is -2.18. The van der Waals surface area contributed by atoms with Crippen LogP contribution in [0.1, 0.15) is 31.8 Å². The molecule has 0 aromatic heterocycles. The number of aryl methyl sites for hydroxylation is 1. The topological polar surface area (TPSA) is 67.8 Å². The van der Waals surface area contributed by atoms with Crippen LogP contribution in [0.4, 0.5) is 0 Å². The molecule has 0 aliphatic rings. The number of hydrazone groups is 1. The molecule has 0 spiro atoms. The molecule has 3 aromatic carbocycles. The molecule has 134 valence electrons. The number of carbonyl (C=O) groups is 2. The first-order valence-electron chi connectivity index (χ1n) is 8.40. The summed E-state index contributed by atoms with van der Waals surface area (Å²) in [6.07, 6.45) is 1.53. The highest BCUT2D eigenvalue weighted by atomic mass is 16.5. The van der Waals surface area contributed by atoms with E-state index < -0.39 is 5.97 Å². The summed E-state index contributed by atoms with van der Waals surface area (Å²) in [4.78, 5) is 24.1. The van der Waals surface area contributed by atoms with Crippen LogP contribution >= 0.6 is 0 Å². The van der Waals surface area contributed by atoms with E-state index in [-0.39, 0.29) is 5.91 Å². The lowest BCUT2D eigenvalue weighted by atomic mass is 10.1. The van der Waals surface area contributed by atoms with E-state index in [2.05, 4.69) is 10.5 Å². The lowest BCUT2D eigenvalue weighted by Gasteiger charge is -2.05. The van der Waals surface area contributed by atoms with Crippen molar-refractivity contribution in [3.63, 3.8) is 0 Å². The monoisotopic (exact) mass is 358 g/mol. The zero-order valence-corrected chi connectivity index (χ0v) is 14.8. The Labute approximate surface area is 157 Å². The molecular formula is C22H18N2O3. The maximum absolute atomic E-state index is 12.1. The third-order valence-corrected chi connectivity index (χ3v) is 3.87. The molecule has 3 rings (SSSR count). The highest BCUT2D eigenvalue weighted by Crippen LogP contribution is 2.13. The van der Waals surface area contributed by atoms with Crippen LogP contribution in [-0.2, 0) is 0 Å². The van der Waals surface area contributed by atoms with Gasteiger partial charge in [0.05, 0.1) is 11.8 Å². The van der Waals surface area contributed by atoms with Gasteiger partial charge in [0.1, 0.15) is 5.75 Å². The van der Waals surface area contributed by atoms with Gasteiger partial charge in [-0.3, -0.25) is 4.79 Å². The van der Waals surface area contributed by atoms with Crippen LogP contribution in [0.5, 0.6) is 5.75 Å². The first kappa shape index (κ1) is 18.1. The second-order valence-corrected chi connectivity index (χ2v) is 5.84.